The first kappa shape index (κ1) is 18.2. The van der Waals surface area contributed by atoms with Gasteiger partial charge in [-0.1, -0.05) is 30.0 Å². The van der Waals surface area contributed by atoms with Gasteiger partial charge in [-0.3, -0.25) is 9.36 Å². The second-order valence-corrected chi connectivity index (χ2v) is 6.33. The molecule has 3 aromatic rings. The van der Waals surface area contributed by atoms with Crippen LogP contribution in [0.25, 0.3) is 5.69 Å². The highest BCUT2D eigenvalue weighted by molar-refractivity contribution is 7.98. The number of thioether (sulfide) groups is 1. The molecule has 0 saturated carbocycles. The minimum atomic E-state index is -4.42. The van der Waals surface area contributed by atoms with E-state index in [2.05, 4.69) is 4.98 Å². The number of hydrogen-bond acceptors (Lipinski definition) is 3. The largest absolute Gasteiger partial charge is 0.416 e. The molecular weight excluding hydrogens is 368 g/mol. The molecule has 0 radical (unpaired) electrons. The van der Waals surface area contributed by atoms with Crippen molar-refractivity contribution in [2.24, 2.45) is 0 Å². The zero-order valence-corrected chi connectivity index (χ0v) is 14.0. The number of hydrogen-bond donors (Lipinski definition) is 0. The highest BCUT2D eigenvalue weighted by Crippen LogP contribution is 2.30. The molecule has 0 aliphatic carbocycles. The van der Waals surface area contributed by atoms with Gasteiger partial charge in [0.2, 0.25) is 0 Å². The molecule has 3 rings (SSSR count). The molecule has 0 bridgehead atoms. The lowest BCUT2D eigenvalue weighted by atomic mass is 10.1. The lowest BCUT2D eigenvalue weighted by Gasteiger charge is -2.09. The SMILES string of the molecule is O=c1c(SCc2cccc(C(F)(F)F)c2)nccn1-c1ccc(F)cc1. The Morgan fingerprint density at radius 3 is 2.50 bits per heavy atom. The number of halogens is 4. The van der Waals surface area contributed by atoms with Gasteiger partial charge in [0.05, 0.1) is 5.56 Å². The van der Waals surface area contributed by atoms with Gasteiger partial charge in [0.25, 0.3) is 5.56 Å². The normalized spacial score (nSPS) is 11.5. The molecule has 0 amide bonds. The predicted octanol–water partition coefficient (Wildman–Crippen LogP) is 4.68. The maximum Gasteiger partial charge on any atom is 0.416 e. The van der Waals surface area contributed by atoms with Crippen LogP contribution in [-0.2, 0) is 11.9 Å². The van der Waals surface area contributed by atoms with Crippen molar-refractivity contribution in [1.82, 2.24) is 9.55 Å². The van der Waals surface area contributed by atoms with Gasteiger partial charge in [-0.15, -0.1) is 0 Å². The van der Waals surface area contributed by atoms with Crippen LogP contribution < -0.4 is 5.56 Å². The first-order valence-corrected chi connectivity index (χ1v) is 8.46. The predicted molar refractivity (Wildman–Crippen MR) is 90.8 cm³/mol. The number of benzene rings is 2. The molecule has 1 aromatic heterocycles. The van der Waals surface area contributed by atoms with E-state index in [1.807, 2.05) is 0 Å². The Kier molecular flexibility index (Phi) is 5.13. The highest BCUT2D eigenvalue weighted by atomic mass is 32.2. The lowest BCUT2D eigenvalue weighted by Crippen LogP contribution is -2.20. The van der Waals surface area contributed by atoms with Crippen molar-refractivity contribution in [3.63, 3.8) is 0 Å². The van der Waals surface area contributed by atoms with Gasteiger partial charge in [0, 0.05) is 23.8 Å². The summed E-state index contributed by atoms with van der Waals surface area (Å²) in [7, 11) is 0. The maximum absolute atomic E-state index is 13.0. The number of nitrogens with zero attached hydrogens (tertiary/aromatic N) is 2. The fourth-order valence-corrected chi connectivity index (χ4v) is 3.13. The van der Waals surface area contributed by atoms with E-state index in [1.54, 1.807) is 6.07 Å². The molecule has 0 N–H and O–H groups in total. The Hall–Kier alpha value is -2.61. The average Bonchev–Trinajstić information content (AvgIpc) is 2.61. The minimum Gasteiger partial charge on any atom is -0.280 e. The third-order valence-electron chi connectivity index (χ3n) is 3.54. The molecule has 0 aliphatic heterocycles. The quantitative estimate of drug-likeness (QED) is 0.487. The maximum atomic E-state index is 13.0. The second-order valence-electron chi connectivity index (χ2n) is 5.37. The van der Waals surface area contributed by atoms with Crippen molar-refractivity contribution < 1.29 is 17.6 Å². The third kappa shape index (κ3) is 4.13. The zero-order valence-electron chi connectivity index (χ0n) is 13.2. The zero-order chi connectivity index (χ0) is 18.7. The summed E-state index contributed by atoms with van der Waals surface area (Å²) >= 11 is 1.05. The minimum absolute atomic E-state index is 0.147. The van der Waals surface area contributed by atoms with Gasteiger partial charge in [0.15, 0.2) is 5.03 Å². The monoisotopic (exact) mass is 380 g/mol. The van der Waals surface area contributed by atoms with Crippen LogP contribution in [0.3, 0.4) is 0 Å². The van der Waals surface area contributed by atoms with Gasteiger partial charge in [-0.2, -0.15) is 13.2 Å². The Bertz CT molecular complexity index is 968. The van der Waals surface area contributed by atoms with Crippen LogP contribution in [0.15, 0.2) is 70.7 Å². The summed E-state index contributed by atoms with van der Waals surface area (Å²) in [6, 6.07) is 10.3. The Morgan fingerprint density at radius 1 is 1.08 bits per heavy atom. The molecule has 3 nitrogen and oxygen atoms in total. The highest BCUT2D eigenvalue weighted by Gasteiger charge is 2.30. The third-order valence-corrected chi connectivity index (χ3v) is 4.58. The Balaban J connectivity index is 1.82. The molecule has 134 valence electrons. The number of rotatable bonds is 4. The standard InChI is InChI=1S/C18H12F4N2OS/c19-14-4-6-15(7-5-14)24-9-8-23-16(17(24)25)26-11-12-2-1-3-13(10-12)18(20,21)22/h1-10H,11H2. The van der Waals surface area contributed by atoms with Crippen LogP contribution in [-0.4, -0.2) is 9.55 Å². The first-order chi connectivity index (χ1) is 12.3. The Morgan fingerprint density at radius 2 is 1.81 bits per heavy atom. The average molecular weight is 380 g/mol. The summed E-state index contributed by atoms with van der Waals surface area (Å²) in [6.07, 6.45) is -1.55. The van der Waals surface area contributed by atoms with Crippen molar-refractivity contribution >= 4 is 11.8 Å². The van der Waals surface area contributed by atoms with Crippen molar-refractivity contribution in [2.45, 2.75) is 17.0 Å². The molecule has 1 heterocycles. The van der Waals surface area contributed by atoms with E-state index in [1.165, 1.54) is 47.3 Å². The van der Waals surface area contributed by atoms with Gasteiger partial charge in [-0.25, -0.2) is 9.37 Å². The summed E-state index contributed by atoms with van der Waals surface area (Å²) in [5.41, 5.74) is -0.251. The van der Waals surface area contributed by atoms with Crippen molar-refractivity contribution in [3.8, 4) is 5.69 Å². The van der Waals surface area contributed by atoms with Crippen LogP contribution in [0.1, 0.15) is 11.1 Å². The topological polar surface area (TPSA) is 34.9 Å². The van der Waals surface area contributed by atoms with Gasteiger partial charge < -0.3 is 0 Å². The van der Waals surface area contributed by atoms with Crippen LogP contribution in [0, 0.1) is 5.82 Å². The first-order valence-electron chi connectivity index (χ1n) is 7.47. The summed E-state index contributed by atoms with van der Waals surface area (Å²) in [5.74, 6) is -0.255. The second kappa shape index (κ2) is 7.33. The summed E-state index contributed by atoms with van der Waals surface area (Å²) in [4.78, 5) is 16.5. The van der Waals surface area contributed by atoms with E-state index in [0.717, 1.165) is 23.9 Å². The molecule has 2 aromatic carbocycles. The van der Waals surface area contributed by atoms with E-state index in [0.29, 0.717) is 11.3 Å². The number of aromatic nitrogens is 2. The van der Waals surface area contributed by atoms with Crippen molar-refractivity contribution in [3.05, 3.63) is 88.2 Å². The summed E-state index contributed by atoms with van der Waals surface area (Å²) in [5, 5.41) is 0.147. The summed E-state index contributed by atoms with van der Waals surface area (Å²) in [6.45, 7) is 0. The van der Waals surface area contributed by atoms with E-state index in [4.69, 9.17) is 0 Å². The van der Waals surface area contributed by atoms with E-state index < -0.39 is 23.1 Å². The molecule has 0 saturated heterocycles. The van der Waals surface area contributed by atoms with Crippen LogP contribution in [0.4, 0.5) is 17.6 Å². The molecular formula is C18H12F4N2OS. The van der Waals surface area contributed by atoms with E-state index in [9.17, 15) is 22.4 Å². The van der Waals surface area contributed by atoms with Gasteiger partial charge in [0.1, 0.15) is 5.82 Å². The summed E-state index contributed by atoms with van der Waals surface area (Å²) < 4.78 is 52.6. The van der Waals surface area contributed by atoms with E-state index >= 15 is 0 Å². The van der Waals surface area contributed by atoms with Crippen molar-refractivity contribution in [1.29, 1.82) is 0 Å². The fraction of sp³-hybridized carbons (Fsp3) is 0.111. The molecule has 0 fully saturated rings. The Labute approximate surface area is 150 Å². The van der Waals surface area contributed by atoms with Crippen LogP contribution in [0.5, 0.6) is 0 Å². The van der Waals surface area contributed by atoms with Crippen molar-refractivity contribution in [2.75, 3.05) is 0 Å². The molecule has 0 aliphatic rings. The molecule has 0 atom stereocenters. The number of alkyl halides is 3. The van der Waals surface area contributed by atoms with Gasteiger partial charge in [-0.05, 0) is 35.9 Å². The van der Waals surface area contributed by atoms with Crippen LogP contribution in [0.2, 0.25) is 0 Å². The smallest absolute Gasteiger partial charge is 0.280 e. The lowest BCUT2D eigenvalue weighted by molar-refractivity contribution is -0.137. The van der Waals surface area contributed by atoms with Gasteiger partial charge >= 0.3 is 6.18 Å². The van der Waals surface area contributed by atoms with Crippen LogP contribution >= 0.6 is 11.8 Å². The fourth-order valence-electron chi connectivity index (χ4n) is 2.29. The van der Waals surface area contributed by atoms with E-state index in [-0.39, 0.29) is 10.8 Å². The molecule has 0 unspecified atom stereocenters. The molecule has 26 heavy (non-hydrogen) atoms. The molecule has 8 heteroatoms. The molecule has 0 spiro atoms.